The van der Waals surface area contributed by atoms with Gasteiger partial charge < -0.3 is 15.1 Å². The Hall–Kier alpha value is -2.52. The molecule has 0 bridgehead atoms. The van der Waals surface area contributed by atoms with Crippen LogP contribution in [0.5, 0.6) is 0 Å². The highest BCUT2D eigenvalue weighted by molar-refractivity contribution is 5.93. The van der Waals surface area contributed by atoms with Gasteiger partial charge in [0.15, 0.2) is 0 Å². The summed E-state index contributed by atoms with van der Waals surface area (Å²) in [6, 6.07) is 7.62. The lowest BCUT2D eigenvalue weighted by Crippen LogP contribution is -2.71. The van der Waals surface area contributed by atoms with Crippen LogP contribution in [0.3, 0.4) is 0 Å². The Labute approximate surface area is 154 Å². The molecule has 6 heteroatoms. The predicted octanol–water partition coefficient (Wildman–Crippen LogP) is 2.01. The van der Waals surface area contributed by atoms with Crippen LogP contribution in [-0.4, -0.2) is 60.3 Å². The molecular weight excluding hydrogens is 326 g/mol. The number of nitrogens with zero attached hydrogens (tertiary/aromatic N) is 4. The van der Waals surface area contributed by atoms with Crippen molar-refractivity contribution < 1.29 is 4.79 Å². The molecule has 1 N–H and O–H groups in total. The van der Waals surface area contributed by atoms with E-state index in [1.54, 1.807) is 4.57 Å². The van der Waals surface area contributed by atoms with E-state index in [4.69, 9.17) is 4.98 Å². The van der Waals surface area contributed by atoms with Gasteiger partial charge in [-0.15, -0.1) is 0 Å². The molecule has 3 heterocycles. The Kier molecular flexibility index (Phi) is 4.12. The minimum absolute atomic E-state index is 0.168. The topological polar surface area (TPSA) is 53.4 Å². The zero-order valence-corrected chi connectivity index (χ0v) is 15.6. The van der Waals surface area contributed by atoms with Gasteiger partial charge in [-0.2, -0.15) is 0 Å². The minimum atomic E-state index is -0.168. The molecular formula is C20H25N5O. The van der Waals surface area contributed by atoms with Crippen molar-refractivity contribution >= 4 is 23.0 Å². The van der Waals surface area contributed by atoms with E-state index in [-0.39, 0.29) is 6.03 Å². The average Bonchev–Trinajstić information content (AvgIpc) is 2.92. The maximum Gasteiger partial charge on any atom is 0.329 e. The van der Waals surface area contributed by atoms with Crippen LogP contribution in [0.1, 0.15) is 13.8 Å². The van der Waals surface area contributed by atoms with Crippen LogP contribution >= 0.6 is 0 Å². The third-order valence-electron chi connectivity index (χ3n) is 5.01. The Morgan fingerprint density at radius 2 is 2.00 bits per heavy atom. The van der Waals surface area contributed by atoms with Crippen molar-refractivity contribution in [3.05, 3.63) is 24.3 Å². The summed E-state index contributed by atoms with van der Waals surface area (Å²) >= 11 is 0. The first-order chi connectivity index (χ1) is 12.5. The summed E-state index contributed by atoms with van der Waals surface area (Å²) < 4.78 is 1.70. The number of amides is 1. The van der Waals surface area contributed by atoms with Crippen molar-refractivity contribution in [1.82, 2.24) is 19.8 Å². The van der Waals surface area contributed by atoms with Gasteiger partial charge in [-0.05, 0) is 19.2 Å². The van der Waals surface area contributed by atoms with E-state index in [0.717, 1.165) is 43.2 Å². The Balaban J connectivity index is 1.57. The van der Waals surface area contributed by atoms with Gasteiger partial charge in [0, 0.05) is 37.5 Å². The van der Waals surface area contributed by atoms with E-state index in [0.29, 0.717) is 17.9 Å². The zero-order chi connectivity index (χ0) is 18.3. The first-order valence-electron chi connectivity index (χ1n) is 9.15. The highest BCUT2D eigenvalue weighted by Crippen LogP contribution is 2.41. The fourth-order valence-electron chi connectivity index (χ4n) is 4.08. The normalized spacial score (nSPS) is 18.4. The van der Waals surface area contributed by atoms with Gasteiger partial charge >= 0.3 is 6.03 Å². The van der Waals surface area contributed by atoms with Gasteiger partial charge in [0.1, 0.15) is 0 Å². The molecule has 4 rings (SSSR count). The number of imidazole rings is 1. The highest BCUT2D eigenvalue weighted by Gasteiger charge is 2.51. The number of carbonyl (C=O) groups is 1. The molecule has 2 aromatic rings. The molecule has 2 fully saturated rings. The van der Waals surface area contributed by atoms with Crippen molar-refractivity contribution in [3.63, 3.8) is 0 Å². The first-order valence-corrected chi connectivity index (χ1v) is 9.15. The highest BCUT2D eigenvalue weighted by atomic mass is 16.2. The zero-order valence-electron chi connectivity index (χ0n) is 15.6. The van der Waals surface area contributed by atoms with Crippen molar-refractivity contribution in [2.75, 3.05) is 44.7 Å². The molecule has 0 unspecified atom stereocenters. The maximum atomic E-state index is 12.8. The van der Waals surface area contributed by atoms with Crippen LogP contribution in [0.25, 0.3) is 11.0 Å². The fraction of sp³-hybridized carbons (Fsp3) is 0.500. The van der Waals surface area contributed by atoms with E-state index in [1.807, 2.05) is 38.1 Å². The van der Waals surface area contributed by atoms with E-state index in [1.165, 1.54) is 0 Å². The molecule has 0 atom stereocenters. The summed E-state index contributed by atoms with van der Waals surface area (Å²) in [4.78, 5) is 22.1. The number of nitrogens with one attached hydrogen (secondary N) is 1. The summed E-state index contributed by atoms with van der Waals surface area (Å²) in [5, 5.41) is 2.91. The fourth-order valence-corrected chi connectivity index (χ4v) is 4.08. The number of anilines is 1. The molecule has 2 saturated heterocycles. The lowest BCUT2D eigenvalue weighted by molar-refractivity contribution is -0.00335. The Bertz CT molecular complexity index is 890. The van der Waals surface area contributed by atoms with Gasteiger partial charge in [-0.3, -0.25) is 0 Å². The SMILES string of the molecule is CC(C)C#CCNC(=O)n1c(N2CC3(CN(C)C3)C2)nc2ccccc21. The number of aromatic nitrogens is 2. The van der Waals surface area contributed by atoms with E-state index in [9.17, 15) is 4.79 Å². The third kappa shape index (κ3) is 2.93. The Morgan fingerprint density at radius 3 is 2.69 bits per heavy atom. The quantitative estimate of drug-likeness (QED) is 0.841. The van der Waals surface area contributed by atoms with Crippen molar-refractivity contribution in [2.45, 2.75) is 13.8 Å². The summed E-state index contributed by atoms with van der Waals surface area (Å²) in [5.74, 6) is 7.11. The standard InChI is InChI=1S/C20H25N5O/c1-15(2)7-6-10-21-19(26)25-17-9-5-4-8-16(17)22-18(25)24-13-20(14-24)11-23(3)12-20/h4-5,8-9,15H,10-14H2,1-3H3,(H,21,26). The molecule has 1 aromatic heterocycles. The van der Waals surface area contributed by atoms with Crippen molar-refractivity contribution in [2.24, 2.45) is 11.3 Å². The van der Waals surface area contributed by atoms with Gasteiger partial charge in [-0.25, -0.2) is 14.3 Å². The second-order valence-corrected chi connectivity index (χ2v) is 7.90. The molecule has 0 aliphatic carbocycles. The van der Waals surface area contributed by atoms with Crippen LogP contribution in [0, 0.1) is 23.2 Å². The van der Waals surface area contributed by atoms with Gasteiger partial charge in [0.25, 0.3) is 0 Å². The molecule has 0 saturated carbocycles. The average molecular weight is 351 g/mol. The lowest BCUT2D eigenvalue weighted by Gasteiger charge is -2.59. The predicted molar refractivity (Wildman–Crippen MR) is 103 cm³/mol. The van der Waals surface area contributed by atoms with Crippen LogP contribution in [0.2, 0.25) is 0 Å². The number of benzene rings is 1. The van der Waals surface area contributed by atoms with E-state index in [2.05, 4.69) is 34.0 Å². The maximum absolute atomic E-state index is 12.8. The molecule has 26 heavy (non-hydrogen) atoms. The van der Waals surface area contributed by atoms with Gasteiger partial charge in [0.05, 0.1) is 17.6 Å². The minimum Gasteiger partial charge on any atom is -0.340 e. The van der Waals surface area contributed by atoms with Crippen LogP contribution in [-0.2, 0) is 0 Å². The van der Waals surface area contributed by atoms with Crippen LogP contribution in [0.4, 0.5) is 10.7 Å². The monoisotopic (exact) mass is 351 g/mol. The summed E-state index contributed by atoms with van der Waals surface area (Å²) in [7, 11) is 2.15. The summed E-state index contributed by atoms with van der Waals surface area (Å²) in [6.45, 7) is 8.59. The van der Waals surface area contributed by atoms with Crippen LogP contribution in [0.15, 0.2) is 24.3 Å². The van der Waals surface area contributed by atoms with E-state index >= 15 is 0 Å². The molecule has 0 radical (unpaired) electrons. The van der Waals surface area contributed by atoms with E-state index < -0.39 is 0 Å². The molecule has 1 aromatic carbocycles. The smallest absolute Gasteiger partial charge is 0.329 e. The number of hydrogen-bond acceptors (Lipinski definition) is 4. The summed E-state index contributed by atoms with van der Waals surface area (Å²) in [6.07, 6.45) is 0. The molecule has 1 spiro atoms. The molecule has 2 aliphatic rings. The molecule has 136 valence electrons. The second kappa shape index (κ2) is 6.33. The Morgan fingerprint density at radius 1 is 1.27 bits per heavy atom. The van der Waals surface area contributed by atoms with Gasteiger partial charge in [-0.1, -0.05) is 37.8 Å². The van der Waals surface area contributed by atoms with Crippen LogP contribution < -0.4 is 10.2 Å². The molecule has 1 amide bonds. The second-order valence-electron chi connectivity index (χ2n) is 7.90. The number of likely N-dealkylation sites (tertiary alicyclic amines) is 1. The first kappa shape index (κ1) is 16.9. The van der Waals surface area contributed by atoms with Crippen molar-refractivity contribution in [1.29, 1.82) is 0 Å². The third-order valence-corrected chi connectivity index (χ3v) is 5.01. The van der Waals surface area contributed by atoms with Crippen molar-refractivity contribution in [3.8, 4) is 11.8 Å². The van der Waals surface area contributed by atoms with Gasteiger partial charge in [0.2, 0.25) is 5.95 Å². The molecule has 2 aliphatic heterocycles. The molecule has 6 nitrogen and oxygen atoms in total. The number of fused-ring (bicyclic) bond motifs is 1. The summed E-state index contributed by atoms with van der Waals surface area (Å²) in [5.41, 5.74) is 2.07. The number of hydrogen-bond donors (Lipinski definition) is 1. The lowest BCUT2D eigenvalue weighted by atomic mass is 9.73. The number of para-hydroxylation sites is 2. The largest absolute Gasteiger partial charge is 0.340 e. The number of rotatable bonds is 2. The number of carbonyl (C=O) groups excluding carboxylic acids is 1.